The van der Waals surface area contributed by atoms with Crippen molar-refractivity contribution in [3.8, 4) is 0 Å². The zero-order chi connectivity index (χ0) is 13.2. The first-order valence-electron chi connectivity index (χ1n) is 4.83. The van der Waals surface area contributed by atoms with Crippen LogP contribution in [0.4, 0.5) is 8.78 Å². The molecule has 0 N–H and O–H groups in total. The number of hydrogen-bond donors (Lipinski definition) is 0. The largest absolute Gasteiger partial charge is 0.234 e. The molecular weight excluding hydrogens is 312 g/mol. The van der Waals surface area contributed by atoms with E-state index in [0.717, 1.165) is 12.3 Å². The van der Waals surface area contributed by atoms with Crippen molar-refractivity contribution in [2.45, 2.75) is 25.5 Å². The van der Waals surface area contributed by atoms with Crippen LogP contribution in [0, 0.1) is 11.6 Å². The second kappa shape index (κ2) is 5.35. The van der Waals surface area contributed by atoms with E-state index in [1.807, 2.05) is 0 Å². The maximum atomic E-state index is 13.4. The van der Waals surface area contributed by atoms with E-state index in [9.17, 15) is 13.0 Å². The lowest BCUT2D eigenvalue weighted by Crippen LogP contribution is -2.19. The lowest BCUT2D eigenvalue weighted by molar-refractivity contribution is 0.507. The first kappa shape index (κ1) is 14.4. The summed E-state index contributed by atoms with van der Waals surface area (Å²) in [7, 11) is -1.50. The van der Waals surface area contributed by atoms with Crippen molar-refractivity contribution in [2.24, 2.45) is 4.40 Å². The zero-order valence-corrected chi connectivity index (χ0v) is 12.0. The number of benzene rings is 1. The van der Waals surface area contributed by atoms with Gasteiger partial charge >= 0.3 is 0 Å². The average Bonchev–Trinajstić information content (AvgIpc) is 2.22. The van der Waals surface area contributed by atoms with Crippen LogP contribution in [-0.4, -0.2) is 15.2 Å². The summed E-state index contributed by atoms with van der Waals surface area (Å²) in [5, 5.41) is 0. The van der Waals surface area contributed by atoms with Gasteiger partial charge in [0.05, 0.1) is 4.75 Å². The summed E-state index contributed by atoms with van der Waals surface area (Å²) in [5.74, 6) is -1.97. The molecule has 0 aliphatic heterocycles. The fraction of sp³-hybridized carbons (Fsp3) is 0.364. The highest BCUT2D eigenvalue weighted by molar-refractivity contribution is 9.10. The van der Waals surface area contributed by atoms with E-state index in [0.29, 0.717) is 4.47 Å². The Bertz CT molecular complexity index is 483. The first-order chi connectivity index (χ1) is 7.73. The second-order valence-corrected chi connectivity index (χ2v) is 7.14. The molecule has 0 heterocycles. The highest BCUT2D eigenvalue weighted by Crippen LogP contribution is 2.21. The molecule has 0 amide bonds. The normalized spacial score (nSPS) is 14.2. The number of nitrogens with zero attached hydrogens (tertiary/aromatic N) is 1. The van der Waals surface area contributed by atoms with E-state index in [2.05, 4.69) is 20.3 Å². The third kappa shape index (κ3) is 3.67. The quantitative estimate of drug-likeness (QED) is 0.604. The minimum Gasteiger partial charge on any atom is -0.234 e. The molecule has 6 heteroatoms. The van der Waals surface area contributed by atoms with Gasteiger partial charge in [0.15, 0.2) is 11.6 Å². The van der Waals surface area contributed by atoms with Gasteiger partial charge in [0, 0.05) is 16.3 Å². The molecule has 0 saturated carbocycles. The van der Waals surface area contributed by atoms with Crippen LogP contribution in [0.5, 0.6) is 0 Å². The van der Waals surface area contributed by atoms with Crippen LogP contribution >= 0.6 is 15.9 Å². The van der Waals surface area contributed by atoms with Crippen molar-refractivity contribution >= 4 is 33.1 Å². The number of rotatable bonds is 2. The van der Waals surface area contributed by atoms with E-state index >= 15 is 0 Å². The van der Waals surface area contributed by atoms with Crippen LogP contribution in [0.2, 0.25) is 0 Å². The van der Waals surface area contributed by atoms with Gasteiger partial charge in [-0.25, -0.2) is 13.0 Å². The van der Waals surface area contributed by atoms with Gasteiger partial charge in [-0.15, -0.1) is 0 Å². The molecule has 1 unspecified atom stereocenters. The van der Waals surface area contributed by atoms with Crippen LogP contribution in [0.15, 0.2) is 21.0 Å². The molecule has 0 spiro atoms. The highest BCUT2D eigenvalue weighted by Gasteiger charge is 2.19. The summed E-state index contributed by atoms with van der Waals surface area (Å²) >= 11 is 3.08. The summed E-state index contributed by atoms with van der Waals surface area (Å²) in [6.07, 6.45) is 1.09. The molecule has 1 aromatic carbocycles. The van der Waals surface area contributed by atoms with Gasteiger partial charge in [0.1, 0.15) is 11.0 Å². The Morgan fingerprint density at radius 1 is 1.35 bits per heavy atom. The molecule has 1 rings (SSSR count). The Balaban J connectivity index is 3.08. The Labute approximate surface area is 110 Å². The van der Waals surface area contributed by atoms with E-state index in [4.69, 9.17) is 0 Å². The van der Waals surface area contributed by atoms with Crippen molar-refractivity contribution in [1.82, 2.24) is 0 Å². The van der Waals surface area contributed by atoms with Crippen LogP contribution in [-0.2, 0) is 11.0 Å². The van der Waals surface area contributed by atoms with Gasteiger partial charge in [-0.05, 0) is 32.9 Å². The Kier molecular flexibility index (Phi) is 4.55. The molecule has 0 radical (unpaired) electrons. The molecule has 0 saturated heterocycles. The molecule has 1 atom stereocenters. The Morgan fingerprint density at radius 2 is 1.94 bits per heavy atom. The van der Waals surface area contributed by atoms with Crippen LogP contribution in [0.3, 0.4) is 0 Å². The minimum absolute atomic E-state index is 0.0393. The van der Waals surface area contributed by atoms with Gasteiger partial charge in [0.25, 0.3) is 0 Å². The van der Waals surface area contributed by atoms with Crippen molar-refractivity contribution in [3.63, 3.8) is 0 Å². The number of halogens is 3. The molecule has 0 fully saturated rings. The molecular formula is C11H12BrF2NOS. The summed E-state index contributed by atoms with van der Waals surface area (Å²) in [4.78, 5) is 0. The van der Waals surface area contributed by atoms with Gasteiger partial charge in [-0.1, -0.05) is 15.9 Å². The zero-order valence-electron chi connectivity index (χ0n) is 9.63. The summed E-state index contributed by atoms with van der Waals surface area (Å²) in [6.45, 7) is 5.24. The minimum atomic E-state index is -1.50. The third-order valence-corrected chi connectivity index (χ3v) is 3.92. The molecule has 1 aromatic rings. The summed E-state index contributed by atoms with van der Waals surface area (Å²) < 4.78 is 41.6. The first-order valence-corrected chi connectivity index (χ1v) is 6.73. The van der Waals surface area contributed by atoms with E-state index < -0.39 is 27.4 Å². The maximum Gasteiger partial charge on any atom is 0.168 e. The van der Waals surface area contributed by atoms with Gasteiger partial charge in [-0.2, -0.15) is 4.40 Å². The van der Waals surface area contributed by atoms with Gasteiger partial charge in [-0.3, -0.25) is 0 Å². The Morgan fingerprint density at radius 3 is 2.47 bits per heavy atom. The number of hydrogen-bond acceptors (Lipinski definition) is 1. The van der Waals surface area contributed by atoms with Crippen molar-refractivity contribution in [3.05, 3.63) is 33.8 Å². The van der Waals surface area contributed by atoms with Crippen LogP contribution in [0.1, 0.15) is 26.3 Å². The van der Waals surface area contributed by atoms with E-state index in [1.54, 1.807) is 20.8 Å². The third-order valence-electron chi connectivity index (χ3n) is 1.88. The Hall–Kier alpha value is -0.620. The summed E-state index contributed by atoms with van der Waals surface area (Å²) in [5.41, 5.74) is -0.0393. The predicted octanol–water partition coefficient (Wildman–Crippen LogP) is 3.61. The van der Waals surface area contributed by atoms with Crippen molar-refractivity contribution < 1.29 is 13.0 Å². The fourth-order valence-corrected chi connectivity index (χ4v) is 1.85. The van der Waals surface area contributed by atoms with Gasteiger partial charge < -0.3 is 0 Å². The molecule has 94 valence electrons. The molecule has 0 aliphatic carbocycles. The average molecular weight is 324 g/mol. The monoisotopic (exact) mass is 323 g/mol. The maximum absolute atomic E-state index is 13.4. The van der Waals surface area contributed by atoms with E-state index in [1.165, 1.54) is 6.07 Å². The highest BCUT2D eigenvalue weighted by atomic mass is 79.9. The lowest BCUT2D eigenvalue weighted by Gasteiger charge is -2.12. The topological polar surface area (TPSA) is 29.4 Å². The van der Waals surface area contributed by atoms with E-state index in [-0.39, 0.29) is 5.56 Å². The van der Waals surface area contributed by atoms with Crippen molar-refractivity contribution in [2.75, 3.05) is 0 Å². The SMILES string of the molecule is CC(C)(C)S(=O)/N=C/c1c(Br)ccc(F)c1F. The van der Waals surface area contributed by atoms with Gasteiger partial charge in [0.2, 0.25) is 0 Å². The summed E-state index contributed by atoms with van der Waals surface area (Å²) in [6, 6.07) is 2.39. The van der Waals surface area contributed by atoms with Crippen LogP contribution < -0.4 is 0 Å². The molecule has 2 nitrogen and oxygen atoms in total. The molecule has 0 aliphatic rings. The second-order valence-electron chi connectivity index (χ2n) is 4.35. The molecule has 17 heavy (non-hydrogen) atoms. The standard InChI is InChI=1S/C11H12BrF2NOS/c1-11(2,3)17(16)15-6-7-8(12)4-5-9(13)10(7)14/h4-6H,1-3H3/b15-6+. The predicted molar refractivity (Wildman–Crippen MR) is 69.5 cm³/mol. The molecule has 0 bridgehead atoms. The molecule has 0 aromatic heterocycles. The van der Waals surface area contributed by atoms with Crippen LogP contribution in [0.25, 0.3) is 0 Å². The lowest BCUT2D eigenvalue weighted by atomic mass is 10.2. The smallest absolute Gasteiger partial charge is 0.168 e. The fourth-order valence-electron chi connectivity index (χ4n) is 0.920. The van der Waals surface area contributed by atoms with Crippen molar-refractivity contribution in [1.29, 1.82) is 0 Å².